The molecule has 1 aliphatic rings. The van der Waals surface area contributed by atoms with Gasteiger partial charge in [-0.1, -0.05) is 0 Å². The highest BCUT2D eigenvalue weighted by atomic mass is 79.9. The van der Waals surface area contributed by atoms with E-state index in [1.807, 2.05) is 36.5 Å². The molecular formula is C48H95BrN2O21. The zero-order valence-electron chi connectivity index (χ0n) is 44.6. The molecule has 1 saturated heterocycles. The summed E-state index contributed by atoms with van der Waals surface area (Å²) in [6.45, 7) is 27.7. The number of carbonyl (C=O) groups is 1. The molecule has 0 radical (unpaired) electrons. The van der Waals surface area contributed by atoms with Gasteiger partial charge in [0.2, 0.25) is 5.91 Å². The van der Waals surface area contributed by atoms with Crippen molar-refractivity contribution in [1.29, 1.82) is 0 Å². The summed E-state index contributed by atoms with van der Waals surface area (Å²) >= 11 is 3.55. The van der Waals surface area contributed by atoms with Gasteiger partial charge in [0, 0.05) is 29.8 Å². The van der Waals surface area contributed by atoms with E-state index < -0.39 is 11.2 Å². The van der Waals surface area contributed by atoms with Crippen molar-refractivity contribution in [3.63, 3.8) is 0 Å². The summed E-state index contributed by atoms with van der Waals surface area (Å²) in [5, 5.41) is 0. The predicted octanol–water partition coefficient (Wildman–Crippen LogP) is 1.92. The molecule has 0 unspecified atom stereocenters. The third-order valence-electron chi connectivity index (χ3n) is 9.99. The molecule has 0 atom stereocenters. The highest BCUT2D eigenvalue weighted by Gasteiger charge is 2.55. The first kappa shape index (κ1) is 69.1. The van der Waals surface area contributed by atoms with Gasteiger partial charge in [0.1, 0.15) is 11.2 Å². The smallest absolute Gasteiger partial charge is 0.245 e. The third kappa shape index (κ3) is 41.3. The fourth-order valence-electron chi connectivity index (χ4n) is 6.19. The van der Waals surface area contributed by atoms with Gasteiger partial charge >= 0.3 is 0 Å². The van der Waals surface area contributed by atoms with Crippen molar-refractivity contribution in [3.05, 3.63) is 0 Å². The van der Waals surface area contributed by atoms with Gasteiger partial charge in [-0.05, 0) is 27.7 Å². The van der Waals surface area contributed by atoms with Crippen LogP contribution in [0.3, 0.4) is 0 Å². The largest absolute Gasteiger partial charge is 0.382 e. The van der Waals surface area contributed by atoms with Crippen LogP contribution in [-0.4, -0.2) is 297 Å². The maximum atomic E-state index is 12.7. The molecule has 1 amide bonds. The zero-order chi connectivity index (χ0) is 52.2. The number of hydrogen-bond donors (Lipinski definition) is 0. The topological polar surface area (TPSA) is 208 Å². The minimum absolute atomic E-state index is 0.0727. The summed E-state index contributed by atoms with van der Waals surface area (Å²) in [7, 11) is 1.64. The molecule has 0 aromatic heterocycles. The Morgan fingerprint density at radius 3 is 0.583 bits per heavy atom. The van der Waals surface area contributed by atoms with Crippen LogP contribution in [0.5, 0.6) is 0 Å². The number of nitrogens with zero attached hydrogens (tertiary/aromatic N) is 2. The van der Waals surface area contributed by atoms with Crippen LogP contribution in [-0.2, 0) is 99.5 Å². The number of halogens is 1. The van der Waals surface area contributed by atoms with Crippen LogP contribution in [0.1, 0.15) is 27.7 Å². The molecule has 0 N–H and O–H groups in total. The first-order valence-electron chi connectivity index (χ1n) is 25.5. The second-order valence-electron chi connectivity index (χ2n) is 16.4. The highest BCUT2D eigenvalue weighted by Crippen LogP contribution is 2.40. The van der Waals surface area contributed by atoms with Crippen LogP contribution in [0.25, 0.3) is 0 Å². The van der Waals surface area contributed by atoms with E-state index in [4.69, 9.17) is 94.7 Å². The van der Waals surface area contributed by atoms with E-state index >= 15 is 0 Å². The van der Waals surface area contributed by atoms with Gasteiger partial charge in [-0.2, -0.15) is 0 Å². The van der Waals surface area contributed by atoms with Crippen LogP contribution < -0.4 is 0 Å². The maximum Gasteiger partial charge on any atom is 0.245 e. The van der Waals surface area contributed by atoms with E-state index in [9.17, 15) is 4.79 Å². The molecule has 0 bridgehead atoms. The van der Waals surface area contributed by atoms with E-state index in [0.29, 0.717) is 264 Å². The number of amides is 1. The van der Waals surface area contributed by atoms with E-state index in [2.05, 4.69) is 16.1 Å². The lowest BCUT2D eigenvalue weighted by molar-refractivity contribution is -0.134. The average Bonchev–Trinajstić information content (AvgIpc) is 3.48. The van der Waals surface area contributed by atoms with Gasteiger partial charge in [-0.3, -0.25) is 4.79 Å². The molecule has 0 aromatic rings. The van der Waals surface area contributed by atoms with Crippen molar-refractivity contribution < 1.29 is 99.5 Å². The Hall–Kier alpha value is -0.890. The molecule has 24 heteroatoms. The molecule has 0 saturated carbocycles. The van der Waals surface area contributed by atoms with Crippen molar-refractivity contribution in [2.75, 3.05) is 271 Å². The quantitative estimate of drug-likeness (QED) is 0.0630. The molecule has 1 aliphatic heterocycles. The molecule has 72 heavy (non-hydrogen) atoms. The lowest BCUT2D eigenvalue weighted by atomic mass is 10.1. The van der Waals surface area contributed by atoms with Gasteiger partial charge in [0.15, 0.2) is 0 Å². The second kappa shape index (κ2) is 52.2. The summed E-state index contributed by atoms with van der Waals surface area (Å²) in [6.07, 6.45) is 0. The lowest BCUT2D eigenvalue weighted by Gasteiger charge is -2.35. The van der Waals surface area contributed by atoms with E-state index in [1.54, 1.807) is 7.11 Å². The molecule has 430 valence electrons. The first-order valence-corrected chi connectivity index (χ1v) is 26.2. The van der Waals surface area contributed by atoms with Crippen LogP contribution in [0.2, 0.25) is 0 Å². The Kier molecular flexibility index (Phi) is 50.1. The molecular weight excluding hydrogens is 1020 g/mol. The van der Waals surface area contributed by atoms with Crippen molar-refractivity contribution >= 4 is 22.1 Å². The highest BCUT2D eigenvalue weighted by molar-refractivity contribution is 9.07. The van der Waals surface area contributed by atoms with Crippen molar-refractivity contribution in [3.8, 4) is 0 Å². The predicted molar refractivity (Wildman–Crippen MR) is 268 cm³/mol. The summed E-state index contributed by atoms with van der Waals surface area (Å²) in [5.74, 6) is 0.0727. The van der Waals surface area contributed by atoms with Crippen molar-refractivity contribution in [2.24, 2.45) is 0 Å². The second-order valence-corrected chi connectivity index (χ2v) is 17.1. The Morgan fingerprint density at radius 1 is 0.292 bits per heavy atom. The number of ether oxygens (including phenoxy) is 20. The van der Waals surface area contributed by atoms with Gasteiger partial charge in [-0.25, -0.2) is 3.93 Å². The Bertz CT molecular complexity index is 1140. The molecule has 1 fully saturated rings. The third-order valence-corrected chi connectivity index (χ3v) is 11.7. The SMILES string of the molecule is COCCOCCOCCOCCOCCOCCOCCOCCOCCOCCOCCOCCOCCOCCOCCOCCOCCOCCOCCOCCN1C(=O)C(C)(C)N(Br)C1(C)C. The van der Waals surface area contributed by atoms with Crippen molar-refractivity contribution in [2.45, 2.75) is 38.9 Å². The summed E-state index contributed by atoms with van der Waals surface area (Å²) < 4.78 is 111. The molecule has 1 rings (SSSR count). The fourth-order valence-corrected chi connectivity index (χ4v) is 6.53. The first-order chi connectivity index (χ1) is 35.3. The van der Waals surface area contributed by atoms with Crippen LogP contribution in [0.15, 0.2) is 0 Å². The Morgan fingerprint density at radius 2 is 0.444 bits per heavy atom. The van der Waals surface area contributed by atoms with E-state index in [1.165, 1.54) is 0 Å². The standard InChI is InChI=1S/C48H95BrN2O21/c1-47(2)46(52)50(48(3,4)51(47)49)6-7-54-10-11-56-14-15-58-18-19-60-22-23-62-26-27-64-30-31-66-34-35-68-38-39-70-42-43-72-45-44-71-41-40-69-37-36-67-33-32-65-29-28-63-25-24-61-21-20-59-17-16-57-13-12-55-9-8-53-5/h6-45H2,1-5H3. The van der Waals surface area contributed by atoms with Gasteiger partial charge in [-0.15, -0.1) is 0 Å². The lowest BCUT2D eigenvalue weighted by Crippen LogP contribution is -2.47. The van der Waals surface area contributed by atoms with E-state index in [-0.39, 0.29) is 5.91 Å². The summed E-state index contributed by atoms with van der Waals surface area (Å²) in [6, 6.07) is 0. The number of hydrogen-bond acceptors (Lipinski definition) is 22. The summed E-state index contributed by atoms with van der Waals surface area (Å²) in [5.41, 5.74) is -1.03. The number of rotatable bonds is 60. The minimum atomic E-state index is -0.599. The summed E-state index contributed by atoms with van der Waals surface area (Å²) in [4.78, 5) is 14.6. The molecule has 23 nitrogen and oxygen atoms in total. The maximum absolute atomic E-state index is 12.7. The molecule has 0 aromatic carbocycles. The Labute approximate surface area is 439 Å². The minimum Gasteiger partial charge on any atom is -0.382 e. The number of carbonyl (C=O) groups excluding carboxylic acids is 1. The average molecular weight is 1120 g/mol. The zero-order valence-corrected chi connectivity index (χ0v) is 46.2. The van der Waals surface area contributed by atoms with Gasteiger partial charge < -0.3 is 99.6 Å². The molecule has 0 spiro atoms. The Balaban J connectivity index is 1.62. The monoisotopic (exact) mass is 1110 g/mol. The van der Waals surface area contributed by atoms with Crippen LogP contribution in [0.4, 0.5) is 0 Å². The fraction of sp³-hybridized carbons (Fsp3) is 0.979. The molecule has 1 heterocycles. The normalized spacial score (nSPS) is 14.7. The number of methoxy groups -OCH3 is 1. The van der Waals surface area contributed by atoms with Crippen LogP contribution in [0, 0.1) is 0 Å². The van der Waals surface area contributed by atoms with E-state index in [0.717, 1.165) is 0 Å². The molecule has 0 aliphatic carbocycles. The van der Waals surface area contributed by atoms with Gasteiger partial charge in [0.05, 0.1) is 258 Å². The van der Waals surface area contributed by atoms with Crippen molar-refractivity contribution in [1.82, 2.24) is 8.83 Å². The van der Waals surface area contributed by atoms with Gasteiger partial charge in [0.25, 0.3) is 0 Å². The van der Waals surface area contributed by atoms with Crippen LogP contribution >= 0.6 is 16.1 Å².